The number of alkyl halides is 7. The van der Waals surface area contributed by atoms with Crippen LogP contribution in [0.25, 0.3) is 0 Å². The van der Waals surface area contributed by atoms with Crippen LogP contribution in [0, 0.1) is 22.7 Å². The Morgan fingerprint density at radius 1 is 0.909 bits per heavy atom. The fourth-order valence-corrected chi connectivity index (χ4v) is 5.10. The monoisotopic (exact) mass is 675 g/mol. The number of hydrogen-bond acceptors (Lipinski definition) is 4. The topological polar surface area (TPSA) is 118 Å². The molecule has 0 aliphatic heterocycles. The second kappa shape index (κ2) is 10.2. The summed E-state index contributed by atoms with van der Waals surface area (Å²) in [6.45, 7) is 4.51. The second-order valence-electron chi connectivity index (χ2n) is 9.66. The summed E-state index contributed by atoms with van der Waals surface area (Å²) in [5.74, 6) is -19.2. The van der Waals surface area contributed by atoms with Crippen LogP contribution in [0.4, 0.5) is 30.7 Å². The van der Waals surface area contributed by atoms with Gasteiger partial charge in [-0.25, -0.2) is 0 Å². The SMILES string of the molecule is CC12CCC(C(C(=O)C(F)(F)C(F)(F)C(F)(F)F)C1=O)C2(C)C.N[C@@H]1CCCC[C@H]1N.O.[Pt]. The fourth-order valence-electron chi connectivity index (χ4n) is 5.10. The van der Waals surface area contributed by atoms with E-state index in [0.29, 0.717) is 0 Å². The van der Waals surface area contributed by atoms with Gasteiger partial charge in [-0.15, -0.1) is 0 Å². The van der Waals surface area contributed by atoms with E-state index in [0.717, 1.165) is 12.8 Å². The van der Waals surface area contributed by atoms with Gasteiger partial charge in [0.05, 0.1) is 5.92 Å². The summed E-state index contributed by atoms with van der Waals surface area (Å²) >= 11 is 0. The van der Waals surface area contributed by atoms with Gasteiger partial charge in [0.25, 0.3) is 0 Å². The number of rotatable bonds is 3. The Morgan fingerprint density at radius 2 is 1.33 bits per heavy atom. The molecule has 13 heteroatoms. The minimum absolute atomic E-state index is 0. The molecule has 33 heavy (non-hydrogen) atoms. The third-order valence-corrected chi connectivity index (χ3v) is 7.75. The van der Waals surface area contributed by atoms with E-state index < -0.39 is 52.3 Å². The summed E-state index contributed by atoms with van der Waals surface area (Å²) in [4.78, 5) is 24.1. The maximum Gasteiger partial charge on any atom is 0.460 e. The minimum Gasteiger partial charge on any atom is -0.412 e. The summed E-state index contributed by atoms with van der Waals surface area (Å²) in [6.07, 6.45) is -1.36. The largest absolute Gasteiger partial charge is 0.460 e. The molecule has 3 saturated carbocycles. The minimum atomic E-state index is -6.59. The summed E-state index contributed by atoms with van der Waals surface area (Å²) in [6, 6.07) is 0.562. The first kappa shape index (κ1) is 32.4. The number of nitrogens with two attached hydrogens (primary N) is 2. The molecular formula is C20H31F7N2O3Pt. The molecule has 0 aromatic heterocycles. The molecule has 0 heterocycles. The number of fused-ring (bicyclic) bond motifs is 2. The Hall–Kier alpha value is -0.582. The molecule has 0 spiro atoms. The molecule has 3 rings (SSSR count). The van der Waals surface area contributed by atoms with Crippen LogP contribution in [0.2, 0.25) is 0 Å². The zero-order valence-electron chi connectivity index (χ0n) is 18.5. The molecule has 5 atom stereocenters. The Labute approximate surface area is 202 Å². The average Bonchev–Trinajstić information content (AvgIpc) is 2.95. The van der Waals surface area contributed by atoms with Gasteiger partial charge < -0.3 is 16.9 Å². The summed E-state index contributed by atoms with van der Waals surface area (Å²) in [5, 5.41) is 0. The van der Waals surface area contributed by atoms with Gasteiger partial charge in [0.2, 0.25) is 5.78 Å². The summed E-state index contributed by atoms with van der Waals surface area (Å²) < 4.78 is 90.1. The standard InChI is InChI=1S/C14H15F7O2.C6H14N2.H2O.Pt/c1-10(2)6-4-5-11(10,3)8(22)7(6)9(23)12(15,16)13(17,18)14(19,20)21;7-5-3-1-2-4-6(5)8;;/h6-7H,4-5H2,1-3H3;5-6H,1-4,7-8H2;1H2;/t;5-,6-;;/m.1../s1. The zero-order chi connectivity index (χ0) is 24.2. The number of ketones is 2. The Kier molecular flexibility index (Phi) is 10.0. The predicted molar refractivity (Wildman–Crippen MR) is 102 cm³/mol. The van der Waals surface area contributed by atoms with E-state index in [-0.39, 0.29) is 51.5 Å². The molecule has 0 aromatic carbocycles. The van der Waals surface area contributed by atoms with Crippen molar-refractivity contribution in [3.63, 3.8) is 0 Å². The van der Waals surface area contributed by atoms with Gasteiger partial charge in [-0.05, 0) is 37.0 Å². The molecule has 0 saturated heterocycles. The molecule has 198 valence electrons. The first-order valence-electron chi connectivity index (χ1n) is 10.3. The van der Waals surface area contributed by atoms with Gasteiger partial charge >= 0.3 is 18.0 Å². The molecule has 3 fully saturated rings. The van der Waals surface area contributed by atoms with E-state index in [1.54, 1.807) is 0 Å². The molecule has 3 unspecified atom stereocenters. The van der Waals surface area contributed by atoms with E-state index in [4.69, 9.17) is 11.5 Å². The van der Waals surface area contributed by atoms with Crippen molar-refractivity contribution in [3.05, 3.63) is 0 Å². The van der Waals surface area contributed by atoms with E-state index in [1.807, 2.05) is 0 Å². The third-order valence-electron chi connectivity index (χ3n) is 7.75. The van der Waals surface area contributed by atoms with Crippen molar-refractivity contribution in [2.24, 2.45) is 34.1 Å². The van der Waals surface area contributed by atoms with Gasteiger partial charge in [-0.1, -0.05) is 33.6 Å². The third kappa shape index (κ3) is 5.04. The quantitative estimate of drug-likeness (QED) is 0.353. The van der Waals surface area contributed by atoms with Crippen molar-refractivity contribution in [3.8, 4) is 0 Å². The molecule has 5 nitrogen and oxygen atoms in total. The molecular weight excluding hydrogens is 644 g/mol. The number of Topliss-reactive ketones (excluding diaryl/α,β-unsaturated/α-hetero) is 2. The molecule has 0 amide bonds. The maximum absolute atomic E-state index is 13.6. The Bertz CT molecular complexity index is 723. The van der Waals surface area contributed by atoms with Crippen molar-refractivity contribution in [1.82, 2.24) is 0 Å². The number of halogens is 7. The van der Waals surface area contributed by atoms with Crippen LogP contribution >= 0.6 is 0 Å². The van der Waals surface area contributed by atoms with Gasteiger partial charge in [0.1, 0.15) is 5.78 Å². The Balaban J connectivity index is 0.000000870. The first-order valence-corrected chi connectivity index (χ1v) is 10.3. The zero-order valence-corrected chi connectivity index (χ0v) is 20.8. The van der Waals surface area contributed by atoms with E-state index in [1.165, 1.54) is 33.6 Å². The van der Waals surface area contributed by atoms with E-state index in [9.17, 15) is 40.3 Å². The molecule has 0 radical (unpaired) electrons. The van der Waals surface area contributed by atoms with Crippen LogP contribution in [-0.2, 0) is 30.7 Å². The molecule has 3 aliphatic carbocycles. The first-order chi connectivity index (χ1) is 13.8. The van der Waals surface area contributed by atoms with Crippen molar-refractivity contribution in [2.75, 3.05) is 0 Å². The molecule has 2 bridgehead atoms. The van der Waals surface area contributed by atoms with Crippen molar-refractivity contribution in [1.29, 1.82) is 0 Å². The second-order valence-corrected chi connectivity index (χ2v) is 9.66. The normalized spacial score (nSPS) is 33.4. The van der Waals surface area contributed by atoms with Crippen molar-refractivity contribution in [2.45, 2.75) is 89.4 Å². The van der Waals surface area contributed by atoms with Crippen LogP contribution in [0.1, 0.15) is 59.3 Å². The Morgan fingerprint density at radius 3 is 1.64 bits per heavy atom. The average molecular weight is 676 g/mol. The van der Waals surface area contributed by atoms with Gasteiger partial charge in [0, 0.05) is 38.6 Å². The number of carbonyl (C=O) groups is 2. The van der Waals surface area contributed by atoms with Crippen LogP contribution in [0.15, 0.2) is 0 Å². The van der Waals surface area contributed by atoms with Crippen LogP contribution in [-0.4, -0.2) is 47.1 Å². The van der Waals surface area contributed by atoms with Gasteiger partial charge in [-0.3, -0.25) is 9.59 Å². The van der Waals surface area contributed by atoms with Gasteiger partial charge in [0.15, 0.2) is 0 Å². The van der Waals surface area contributed by atoms with Crippen LogP contribution < -0.4 is 11.5 Å². The molecule has 3 aliphatic rings. The van der Waals surface area contributed by atoms with Gasteiger partial charge in [-0.2, -0.15) is 30.7 Å². The summed E-state index contributed by atoms with van der Waals surface area (Å²) in [7, 11) is 0. The van der Waals surface area contributed by atoms with Crippen molar-refractivity contribution >= 4 is 11.6 Å². The van der Waals surface area contributed by atoms with Crippen LogP contribution in [0.5, 0.6) is 0 Å². The summed E-state index contributed by atoms with van der Waals surface area (Å²) in [5.41, 5.74) is 9.20. The smallest absolute Gasteiger partial charge is 0.412 e. The predicted octanol–water partition coefficient (Wildman–Crippen LogP) is 3.42. The molecule has 6 N–H and O–H groups in total. The van der Waals surface area contributed by atoms with Crippen LogP contribution in [0.3, 0.4) is 0 Å². The van der Waals surface area contributed by atoms with E-state index in [2.05, 4.69) is 0 Å². The number of carbonyl (C=O) groups excluding carboxylic acids is 2. The fraction of sp³-hybridized carbons (Fsp3) is 0.900. The maximum atomic E-state index is 13.6. The van der Waals surface area contributed by atoms with Crippen molar-refractivity contribution < 1.29 is 66.9 Å². The number of hydrogen-bond donors (Lipinski definition) is 2. The van der Waals surface area contributed by atoms with E-state index >= 15 is 0 Å². The molecule has 0 aromatic rings.